The first-order valence-corrected chi connectivity index (χ1v) is 9.04. The van der Waals surface area contributed by atoms with Crippen molar-refractivity contribution >= 4 is 41.2 Å². The van der Waals surface area contributed by atoms with Gasteiger partial charge in [0.2, 0.25) is 0 Å². The van der Waals surface area contributed by atoms with Gasteiger partial charge in [-0.25, -0.2) is 0 Å². The number of rotatable bonds is 3. The summed E-state index contributed by atoms with van der Waals surface area (Å²) in [6.07, 6.45) is 0. The zero-order chi connectivity index (χ0) is 16.5. The van der Waals surface area contributed by atoms with Gasteiger partial charge in [0, 0.05) is 26.2 Å². The molecule has 2 N–H and O–H groups in total. The summed E-state index contributed by atoms with van der Waals surface area (Å²) < 4.78 is 0. The minimum Gasteiger partial charge on any atom is -0.338 e. The Labute approximate surface area is 156 Å². The number of thiophene rings is 1. The highest BCUT2D eigenvalue weighted by molar-refractivity contribution is 7.12. The van der Waals surface area contributed by atoms with Gasteiger partial charge in [0.05, 0.1) is 16.1 Å². The predicted molar refractivity (Wildman–Crippen MR) is 102 cm³/mol. The van der Waals surface area contributed by atoms with Gasteiger partial charge < -0.3 is 15.5 Å². The normalized spacial score (nSPS) is 21.5. The van der Waals surface area contributed by atoms with Crippen LogP contribution in [0.5, 0.6) is 0 Å². The van der Waals surface area contributed by atoms with E-state index < -0.39 is 0 Å². The molecule has 132 valence electrons. The van der Waals surface area contributed by atoms with Gasteiger partial charge in [-0.05, 0) is 35.4 Å². The number of hydrogen-bond donors (Lipinski definition) is 2. The summed E-state index contributed by atoms with van der Waals surface area (Å²) in [4.78, 5) is 27.8. The molecule has 2 saturated heterocycles. The number of hydrogen-bond acceptors (Lipinski definition) is 4. The van der Waals surface area contributed by atoms with Gasteiger partial charge in [-0.3, -0.25) is 9.59 Å². The average molecular weight is 378 g/mol. The topological polar surface area (TPSA) is 61.4 Å². The number of halogens is 1. The molecule has 4 rings (SSSR count). The lowest BCUT2D eigenvalue weighted by molar-refractivity contribution is 0.0782. The van der Waals surface area contributed by atoms with Gasteiger partial charge in [-0.1, -0.05) is 18.2 Å². The molecule has 2 fully saturated rings. The molecule has 2 aliphatic rings. The van der Waals surface area contributed by atoms with E-state index in [4.69, 9.17) is 0 Å². The van der Waals surface area contributed by atoms with Crippen LogP contribution in [0.2, 0.25) is 0 Å². The predicted octanol–water partition coefficient (Wildman–Crippen LogP) is 2.71. The molecule has 2 atom stereocenters. The number of nitrogens with zero attached hydrogens (tertiary/aromatic N) is 1. The van der Waals surface area contributed by atoms with Crippen LogP contribution in [0.15, 0.2) is 41.8 Å². The first-order valence-electron chi connectivity index (χ1n) is 8.16. The lowest BCUT2D eigenvalue weighted by Gasteiger charge is -2.19. The van der Waals surface area contributed by atoms with Crippen molar-refractivity contribution in [3.63, 3.8) is 0 Å². The monoisotopic (exact) mass is 377 g/mol. The Morgan fingerprint density at radius 1 is 1.08 bits per heavy atom. The van der Waals surface area contributed by atoms with E-state index in [1.165, 1.54) is 11.3 Å². The first kappa shape index (κ1) is 17.9. The molecule has 5 nitrogen and oxygen atoms in total. The van der Waals surface area contributed by atoms with Crippen LogP contribution in [0.25, 0.3) is 0 Å². The standard InChI is InChI=1S/C18H19N3O2S.ClH/c22-17(16-6-3-7-24-16)20-15-5-2-1-4-14(15)18(23)21-10-12-8-19-9-13(12)11-21;/h1-7,12-13,19H,8-11H2,(H,20,22);1H/t12-,13+;. The molecule has 0 unspecified atom stereocenters. The fourth-order valence-electron chi connectivity index (χ4n) is 3.56. The Morgan fingerprint density at radius 3 is 2.48 bits per heavy atom. The molecule has 7 heteroatoms. The van der Waals surface area contributed by atoms with Gasteiger partial charge in [0.1, 0.15) is 0 Å². The molecule has 0 aliphatic carbocycles. The summed E-state index contributed by atoms with van der Waals surface area (Å²) in [6.45, 7) is 3.57. The fraction of sp³-hybridized carbons (Fsp3) is 0.333. The van der Waals surface area contributed by atoms with Crippen molar-refractivity contribution in [1.29, 1.82) is 0 Å². The third kappa shape index (κ3) is 3.56. The number of likely N-dealkylation sites (tertiary alicyclic amines) is 1. The lowest BCUT2D eigenvalue weighted by Crippen LogP contribution is -2.32. The van der Waals surface area contributed by atoms with Crippen LogP contribution in [-0.2, 0) is 0 Å². The molecular formula is C18H20ClN3O2S. The zero-order valence-corrected chi connectivity index (χ0v) is 15.2. The molecule has 0 radical (unpaired) electrons. The van der Waals surface area contributed by atoms with Gasteiger partial charge in [-0.15, -0.1) is 23.7 Å². The SMILES string of the molecule is Cl.O=C(Nc1ccccc1C(=O)N1C[C@H]2CNC[C@H]2C1)c1cccs1. The maximum Gasteiger partial charge on any atom is 0.265 e. The summed E-state index contributed by atoms with van der Waals surface area (Å²) >= 11 is 1.39. The summed E-state index contributed by atoms with van der Waals surface area (Å²) in [5, 5.41) is 8.13. The third-order valence-corrected chi connectivity index (χ3v) is 5.70. The first-order chi connectivity index (χ1) is 11.7. The number of anilines is 1. The zero-order valence-electron chi connectivity index (χ0n) is 13.6. The molecule has 25 heavy (non-hydrogen) atoms. The molecule has 2 amide bonds. The number of carbonyl (C=O) groups is 2. The minimum atomic E-state index is -0.173. The maximum absolute atomic E-state index is 12.9. The van der Waals surface area contributed by atoms with Crippen molar-refractivity contribution in [1.82, 2.24) is 10.2 Å². The van der Waals surface area contributed by atoms with E-state index in [9.17, 15) is 9.59 Å². The molecule has 0 saturated carbocycles. The Balaban J connectivity index is 0.00000182. The van der Waals surface area contributed by atoms with Crippen molar-refractivity contribution < 1.29 is 9.59 Å². The van der Waals surface area contributed by atoms with E-state index in [2.05, 4.69) is 10.6 Å². The Morgan fingerprint density at radius 2 is 1.80 bits per heavy atom. The summed E-state index contributed by atoms with van der Waals surface area (Å²) in [7, 11) is 0. The second kappa shape index (κ2) is 7.56. The Bertz CT molecular complexity index is 753. The fourth-order valence-corrected chi connectivity index (χ4v) is 4.18. The van der Waals surface area contributed by atoms with Gasteiger partial charge in [0.25, 0.3) is 11.8 Å². The third-order valence-electron chi connectivity index (χ3n) is 4.83. The van der Waals surface area contributed by atoms with Crippen LogP contribution >= 0.6 is 23.7 Å². The van der Waals surface area contributed by atoms with Crippen LogP contribution in [0.4, 0.5) is 5.69 Å². The van der Waals surface area contributed by atoms with E-state index in [1.807, 2.05) is 28.5 Å². The van der Waals surface area contributed by atoms with Crippen molar-refractivity contribution in [2.45, 2.75) is 0 Å². The Hall–Kier alpha value is -1.89. The maximum atomic E-state index is 12.9. The van der Waals surface area contributed by atoms with E-state index in [0.717, 1.165) is 26.2 Å². The molecule has 1 aromatic carbocycles. The van der Waals surface area contributed by atoms with Crippen molar-refractivity contribution in [2.24, 2.45) is 11.8 Å². The highest BCUT2D eigenvalue weighted by Crippen LogP contribution is 2.29. The van der Waals surface area contributed by atoms with Crippen molar-refractivity contribution in [3.8, 4) is 0 Å². The van der Waals surface area contributed by atoms with Crippen molar-refractivity contribution in [3.05, 3.63) is 52.2 Å². The van der Waals surface area contributed by atoms with Gasteiger partial charge in [0.15, 0.2) is 0 Å². The number of amides is 2. The number of carbonyl (C=O) groups excluding carboxylic acids is 2. The van der Waals surface area contributed by atoms with E-state index in [-0.39, 0.29) is 24.2 Å². The molecule has 3 heterocycles. The Kier molecular flexibility index (Phi) is 5.42. The van der Waals surface area contributed by atoms with Crippen LogP contribution < -0.4 is 10.6 Å². The van der Waals surface area contributed by atoms with E-state index in [0.29, 0.717) is 28.0 Å². The van der Waals surface area contributed by atoms with Crippen LogP contribution in [0, 0.1) is 11.8 Å². The molecule has 1 aromatic heterocycles. The number of benzene rings is 1. The smallest absolute Gasteiger partial charge is 0.265 e. The van der Waals surface area contributed by atoms with E-state index in [1.54, 1.807) is 18.2 Å². The van der Waals surface area contributed by atoms with Gasteiger partial charge in [-0.2, -0.15) is 0 Å². The second-order valence-corrected chi connectivity index (χ2v) is 7.31. The van der Waals surface area contributed by atoms with Crippen LogP contribution in [-0.4, -0.2) is 42.9 Å². The molecule has 0 spiro atoms. The molecule has 2 aliphatic heterocycles. The highest BCUT2D eigenvalue weighted by Gasteiger charge is 2.38. The summed E-state index contributed by atoms with van der Waals surface area (Å²) in [5.41, 5.74) is 1.14. The lowest BCUT2D eigenvalue weighted by atomic mass is 10.0. The minimum absolute atomic E-state index is 0. The van der Waals surface area contributed by atoms with E-state index >= 15 is 0 Å². The van der Waals surface area contributed by atoms with Gasteiger partial charge >= 0.3 is 0 Å². The summed E-state index contributed by atoms with van der Waals surface area (Å²) in [6, 6.07) is 10.9. The number of fused-ring (bicyclic) bond motifs is 1. The number of para-hydroxylation sites is 1. The number of nitrogens with one attached hydrogen (secondary N) is 2. The molecule has 0 bridgehead atoms. The molecule has 2 aromatic rings. The summed E-state index contributed by atoms with van der Waals surface area (Å²) in [5.74, 6) is 0.947. The quantitative estimate of drug-likeness (QED) is 0.864. The van der Waals surface area contributed by atoms with Crippen LogP contribution in [0.1, 0.15) is 20.0 Å². The van der Waals surface area contributed by atoms with Crippen LogP contribution in [0.3, 0.4) is 0 Å². The van der Waals surface area contributed by atoms with Crippen molar-refractivity contribution in [2.75, 3.05) is 31.5 Å². The average Bonchev–Trinajstić information content (AvgIpc) is 3.31. The highest BCUT2D eigenvalue weighted by atomic mass is 35.5. The molecular weight excluding hydrogens is 358 g/mol. The second-order valence-electron chi connectivity index (χ2n) is 6.37. The largest absolute Gasteiger partial charge is 0.338 e.